The maximum absolute atomic E-state index is 4.12. The molecule has 3 nitrogen and oxygen atoms in total. The van der Waals surface area contributed by atoms with Crippen LogP contribution in [-0.2, 0) is 19.4 Å². The minimum absolute atomic E-state index is 0.391. The molecule has 3 aromatic rings. The minimum Gasteiger partial charge on any atom is -0.344 e. The molecule has 0 fully saturated rings. The van der Waals surface area contributed by atoms with Crippen molar-refractivity contribution in [1.29, 1.82) is 0 Å². The second-order valence-corrected chi connectivity index (χ2v) is 7.69. The number of benzene rings is 1. The minimum atomic E-state index is 0.391. The maximum Gasteiger partial charge on any atom is 0.0486 e. The topological polar surface area (TPSA) is 29.9 Å². The number of rotatable bonds is 3. The molecule has 4 rings (SSSR count). The van der Waals surface area contributed by atoms with Gasteiger partial charge in [0.1, 0.15) is 0 Å². The standard InChI is InChI=1S/C20H22BrN3/c1-13-11-19-20(14(2)23-13)17-12-16(21)3-4-18(17)24(19)10-7-15-5-8-22-9-6-15/h3-6,8-9,12-14,23H,7,10-11H2,1-2H3. The van der Waals surface area contributed by atoms with Gasteiger partial charge in [0.15, 0.2) is 0 Å². The normalized spacial score (nSPS) is 20.3. The number of hydrogen-bond donors (Lipinski definition) is 1. The lowest BCUT2D eigenvalue weighted by molar-refractivity contribution is 0.433. The van der Waals surface area contributed by atoms with E-state index in [0.717, 1.165) is 23.9 Å². The van der Waals surface area contributed by atoms with Crippen molar-refractivity contribution >= 4 is 26.8 Å². The van der Waals surface area contributed by atoms with E-state index in [-0.39, 0.29) is 0 Å². The highest BCUT2D eigenvalue weighted by Crippen LogP contribution is 2.36. The summed E-state index contributed by atoms with van der Waals surface area (Å²) in [6.07, 6.45) is 5.88. The Hall–Kier alpha value is -1.65. The Kier molecular flexibility index (Phi) is 4.19. The number of fused-ring (bicyclic) bond motifs is 3. The van der Waals surface area contributed by atoms with Crippen molar-refractivity contribution in [3.8, 4) is 0 Å². The zero-order chi connectivity index (χ0) is 16.7. The van der Waals surface area contributed by atoms with E-state index in [1.54, 1.807) is 0 Å². The first kappa shape index (κ1) is 15.9. The van der Waals surface area contributed by atoms with E-state index in [0.29, 0.717) is 12.1 Å². The number of aromatic nitrogens is 2. The molecule has 3 heterocycles. The van der Waals surface area contributed by atoms with E-state index in [2.05, 4.69) is 75.0 Å². The third-order valence-electron chi connectivity index (χ3n) is 5.02. The average molecular weight is 384 g/mol. The van der Waals surface area contributed by atoms with Crippen LogP contribution in [0.3, 0.4) is 0 Å². The molecule has 124 valence electrons. The van der Waals surface area contributed by atoms with Crippen LogP contribution in [-0.4, -0.2) is 15.6 Å². The van der Waals surface area contributed by atoms with Crippen LogP contribution in [0.2, 0.25) is 0 Å². The lowest BCUT2D eigenvalue weighted by Crippen LogP contribution is -2.36. The van der Waals surface area contributed by atoms with Gasteiger partial charge in [-0.25, -0.2) is 0 Å². The summed E-state index contributed by atoms with van der Waals surface area (Å²) in [6, 6.07) is 11.8. The first-order chi connectivity index (χ1) is 11.6. The van der Waals surface area contributed by atoms with Crippen LogP contribution < -0.4 is 5.32 Å². The van der Waals surface area contributed by atoms with Crippen LogP contribution in [0, 0.1) is 0 Å². The van der Waals surface area contributed by atoms with Gasteiger partial charge in [-0.15, -0.1) is 0 Å². The van der Waals surface area contributed by atoms with Crippen molar-refractivity contribution in [2.45, 2.75) is 45.3 Å². The van der Waals surface area contributed by atoms with Crippen LogP contribution in [0.4, 0.5) is 0 Å². The van der Waals surface area contributed by atoms with Crippen molar-refractivity contribution in [2.24, 2.45) is 0 Å². The Bertz CT molecular complexity index is 869. The second-order valence-electron chi connectivity index (χ2n) is 6.77. The Morgan fingerprint density at radius 3 is 2.79 bits per heavy atom. The Morgan fingerprint density at radius 2 is 2.00 bits per heavy atom. The summed E-state index contributed by atoms with van der Waals surface area (Å²) in [7, 11) is 0. The van der Waals surface area contributed by atoms with Gasteiger partial charge in [-0.05, 0) is 61.7 Å². The average Bonchev–Trinajstić information content (AvgIpc) is 2.86. The molecule has 0 radical (unpaired) electrons. The van der Waals surface area contributed by atoms with Gasteiger partial charge >= 0.3 is 0 Å². The highest BCUT2D eigenvalue weighted by Gasteiger charge is 2.27. The maximum atomic E-state index is 4.12. The Balaban J connectivity index is 1.80. The first-order valence-electron chi connectivity index (χ1n) is 8.59. The van der Waals surface area contributed by atoms with Crippen LogP contribution in [0.15, 0.2) is 47.2 Å². The van der Waals surface area contributed by atoms with E-state index in [4.69, 9.17) is 0 Å². The van der Waals surface area contributed by atoms with Crippen molar-refractivity contribution in [1.82, 2.24) is 14.9 Å². The molecule has 0 aliphatic carbocycles. The summed E-state index contributed by atoms with van der Waals surface area (Å²) in [5.41, 5.74) is 5.66. The van der Waals surface area contributed by atoms with Gasteiger partial charge in [-0.1, -0.05) is 15.9 Å². The summed E-state index contributed by atoms with van der Waals surface area (Å²) in [4.78, 5) is 4.12. The van der Waals surface area contributed by atoms with Crippen LogP contribution in [0.25, 0.3) is 10.9 Å². The van der Waals surface area contributed by atoms with Crippen molar-refractivity contribution in [3.63, 3.8) is 0 Å². The molecule has 2 aromatic heterocycles. The van der Waals surface area contributed by atoms with E-state index in [9.17, 15) is 0 Å². The van der Waals surface area contributed by atoms with Gasteiger partial charge in [0.25, 0.3) is 0 Å². The third-order valence-corrected chi connectivity index (χ3v) is 5.51. The highest BCUT2D eigenvalue weighted by atomic mass is 79.9. The molecule has 1 aliphatic rings. The molecule has 1 N–H and O–H groups in total. The number of nitrogens with one attached hydrogen (secondary N) is 1. The lowest BCUT2D eigenvalue weighted by atomic mass is 9.95. The molecule has 0 saturated heterocycles. The van der Waals surface area contributed by atoms with E-state index < -0.39 is 0 Å². The predicted octanol–water partition coefficient (Wildman–Crippen LogP) is 4.64. The number of aryl methyl sites for hydroxylation is 2. The zero-order valence-corrected chi connectivity index (χ0v) is 15.7. The fraction of sp³-hybridized carbons (Fsp3) is 0.350. The SMILES string of the molecule is CC1Cc2c(c3cc(Br)ccc3n2CCc2ccncc2)C(C)N1. The molecule has 0 bridgehead atoms. The van der Waals surface area contributed by atoms with Gasteiger partial charge in [0.2, 0.25) is 0 Å². The van der Waals surface area contributed by atoms with Crippen molar-refractivity contribution in [2.75, 3.05) is 0 Å². The van der Waals surface area contributed by atoms with Gasteiger partial charge in [0.05, 0.1) is 0 Å². The van der Waals surface area contributed by atoms with Gasteiger partial charge in [-0.2, -0.15) is 0 Å². The number of hydrogen-bond acceptors (Lipinski definition) is 2. The summed E-state index contributed by atoms with van der Waals surface area (Å²) >= 11 is 3.64. The van der Waals surface area contributed by atoms with Crippen LogP contribution in [0.1, 0.15) is 36.7 Å². The molecule has 0 amide bonds. The molecule has 24 heavy (non-hydrogen) atoms. The number of halogens is 1. The Labute approximate surface area is 151 Å². The quantitative estimate of drug-likeness (QED) is 0.713. The monoisotopic (exact) mass is 383 g/mol. The fourth-order valence-corrected chi connectivity index (χ4v) is 4.37. The smallest absolute Gasteiger partial charge is 0.0486 e. The number of nitrogens with zero attached hydrogens (tertiary/aromatic N) is 2. The molecular formula is C20H22BrN3. The van der Waals surface area contributed by atoms with Crippen molar-refractivity contribution < 1.29 is 0 Å². The molecule has 1 aromatic carbocycles. The summed E-state index contributed by atoms with van der Waals surface area (Å²) < 4.78 is 3.68. The molecule has 2 unspecified atom stereocenters. The molecule has 1 aliphatic heterocycles. The molecular weight excluding hydrogens is 362 g/mol. The second kappa shape index (κ2) is 6.34. The lowest BCUT2D eigenvalue weighted by Gasteiger charge is -2.28. The van der Waals surface area contributed by atoms with E-state index >= 15 is 0 Å². The molecule has 2 atom stereocenters. The van der Waals surface area contributed by atoms with E-state index in [1.165, 1.54) is 27.7 Å². The first-order valence-corrected chi connectivity index (χ1v) is 9.38. The Morgan fingerprint density at radius 1 is 1.21 bits per heavy atom. The summed E-state index contributed by atoms with van der Waals surface area (Å²) in [5.74, 6) is 0. The van der Waals surface area contributed by atoms with Crippen molar-refractivity contribution in [3.05, 3.63) is 64.0 Å². The fourth-order valence-electron chi connectivity index (χ4n) is 4.01. The summed E-state index contributed by atoms with van der Waals surface area (Å²) in [6.45, 7) is 5.57. The third kappa shape index (κ3) is 2.78. The van der Waals surface area contributed by atoms with Gasteiger partial charge in [-0.3, -0.25) is 4.98 Å². The predicted molar refractivity (Wildman–Crippen MR) is 102 cm³/mol. The molecule has 4 heteroatoms. The van der Waals surface area contributed by atoms with E-state index in [1.807, 2.05) is 12.4 Å². The largest absolute Gasteiger partial charge is 0.344 e. The number of pyridine rings is 1. The highest BCUT2D eigenvalue weighted by molar-refractivity contribution is 9.10. The molecule has 0 saturated carbocycles. The zero-order valence-electron chi connectivity index (χ0n) is 14.1. The van der Waals surface area contributed by atoms with Crippen LogP contribution in [0.5, 0.6) is 0 Å². The summed E-state index contributed by atoms with van der Waals surface area (Å²) in [5, 5.41) is 5.07. The molecule has 0 spiro atoms. The van der Waals surface area contributed by atoms with Gasteiger partial charge < -0.3 is 9.88 Å². The van der Waals surface area contributed by atoms with Crippen LogP contribution >= 0.6 is 15.9 Å². The van der Waals surface area contributed by atoms with Gasteiger partial charge in [0, 0.05) is 58.5 Å².